The SMILES string of the molecule is CC1CC(C)C2C(C1)C1C3CC(C(C)C)CC4CC5CC(C)CC6C7C(C)C(C)(C)C(C)(C8CCCCC8)C7C(C7CCCC2C17)(C43)C56. The lowest BCUT2D eigenvalue weighted by atomic mass is 9.31. The van der Waals surface area contributed by atoms with Crippen molar-refractivity contribution in [2.24, 2.45) is 141 Å². The Morgan fingerprint density at radius 3 is 1.94 bits per heavy atom. The molecule has 10 aliphatic carbocycles. The van der Waals surface area contributed by atoms with Crippen molar-refractivity contribution in [1.29, 1.82) is 0 Å². The van der Waals surface area contributed by atoms with Gasteiger partial charge in [0.25, 0.3) is 0 Å². The van der Waals surface area contributed by atoms with Crippen molar-refractivity contribution < 1.29 is 0 Å². The van der Waals surface area contributed by atoms with E-state index in [-0.39, 0.29) is 0 Å². The van der Waals surface area contributed by atoms with E-state index in [0.717, 1.165) is 124 Å². The molecule has 0 amide bonds. The van der Waals surface area contributed by atoms with Crippen LogP contribution in [0.2, 0.25) is 0 Å². The molecule has 1 spiro atoms. The summed E-state index contributed by atoms with van der Waals surface area (Å²) in [6, 6.07) is 0. The number of hydrogen-bond acceptors (Lipinski definition) is 0. The zero-order valence-electron chi connectivity index (χ0n) is 33.2. The van der Waals surface area contributed by atoms with Gasteiger partial charge in [0.05, 0.1) is 0 Å². The highest BCUT2D eigenvalue weighted by molar-refractivity contribution is 5.31. The van der Waals surface area contributed by atoms with Gasteiger partial charge in [0, 0.05) is 0 Å². The first-order valence-electron chi connectivity index (χ1n) is 22.9. The molecule has 0 heteroatoms. The van der Waals surface area contributed by atoms with Crippen molar-refractivity contribution >= 4 is 0 Å². The molecule has 10 saturated carbocycles. The van der Waals surface area contributed by atoms with Gasteiger partial charge in [0.1, 0.15) is 0 Å². The van der Waals surface area contributed by atoms with Gasteiger partial charge in [-0.25, -0.2) is 0 Å². The van der Waals surface area contributed by atoms with Crippen LogP contribution in [0.25, 0.3) is 0 Å². The maximum Gasteiger partial charge on any atom is -0.0162 e. The molecule has 10 rings (SSSR count). The first-order valence-corrected chi connectivity index (χ1v) is 22.9. The molecule has 0 N–H and O–H groups in total. The number of fused-ring (bicyclic) bond motifs is 6. The molecule has 0 heterocycles. The van der Waals surface area contributed by atoms with Crippen molar-refractivity contribution in [3.05, 3.63) is 0 Å². The summed E-state index contributed by atoms with van der Waals surface area (Å²) in [7, 11) is 0. The van der Waals surface area contributed by atoms with Gasteiger partial charge in [0.15, 0.2) is 0 Å². The zero-order chi connectivity index (χ0) is 33.2. The third-order valence-electron chi connectivity index (χ3n) is 22.0. The van der Waals surface area contributed by atoms with Crippen LogP contribution in [0.3, 0.4) is 0 Å². The standard InChI is InChI=1S/C48H78/c1-25(2)30-22-32-23-31-19-27(4)21-36-40-29(6)46(7,8)47(9,33-14-11-10-12-15-33)45(40)48(43(31)36)38-17-13-16-34-39-28(5)18-26(3)20-35(39)41(42(34)38)37(24-30)44(32)48/h25-45H,10-24H2,1-9H3. The topological polar surface area (TPSA) is 0 Å². The Kier molecular flexibility index (Phi) is 7.34. The first kappa shape index (κ1) is 32.6. The van der Waals surface area contributed by atoms with Gasteiger partial charge >= 0.3 is 0 Å². The Balaban J connectivity index is 1.23. The van der Waals surface area contributed by atoms with E-state index >= 15 is 0 Å². The summed E-state index contributed by atoms with van der Waals surface area (Å²) in [4.78, 5) is 0. The van der Waals surface area contributed by atoms with Gasteiger partial charge in [-0.2, -0.15) is 0 Å². The minimum absolute atomic E-state index is 0.469. The molecule has 0 bridgehead atoms. The highest BCUT2D eigenvalue weighted by atomic mass is 14.9. The second-order valence-corrected chi connectivity index (χ2v) is 23.5. The lowest BCUT2D eigenvalue weighted by Crippen LogP contribution is -2.69. The number of hydrogen-bond donors (Lipinski definition) is 0. The van der Waals surface area contributed by atoms with Crippen LogP contribution in [0, 0.1) is 141 Å². The highest BCUT2D eigenvalue weighted by Crippen LogP contribution is 2.88. The summed E-state index contributed by atoms with van der Waals surface area (Å²) in [6.45, 7) is 25.1. The fourth-order valence-corrected chi connectivity index (χ4v) is 21.2. The average Bonchev–Trinajstić information content (AvgIpc) is 3.60. The van der Waals surface area contributed by atoms with Gasteiger partial charge in [-0.1, -0.05) is 88.0 Å². The van der Waals surface area contributed by atoms with E-state index in [2.05, 4.69) is 62.3 Å². The fraction of sp³-hybridized carbons (Fsp3) is 1.00. The van der Waals surface area contributed by atoms with Crippen LogP contribution in [-0.4, -0.2) is 0 Å². The molecular formula is C48H78. The Morgan fingerprint density at radius 1 is 0.542 bits per heavy atom. The molecule has 0 nitrogen and oxygen atoms in total. The van der Waals surface area contributed by atoms with Gasteiger partial charge in [-0.05, 0) is 211 Å². The van der Waals surface area contributed by atoms with Gasteiger partial charge < -0.3 is 0 Å². The van der Waals surface area contributed by atoms with E-state index in [1.807, 2.05) is 0 Å². The van der Waals surface area contributed by atoms with Crippen molar-refractivity contribution in [3.63, 3.8) is 0 Å². The molecule has 270 valence electrons. The summed E-state index contributed by atoms with van der Waals surface area (Å²) in [5, 5.41) is 0. The van der Waals surface area contributed by atoms with Crippen LogP contribution in [0.1, 0.15) is 159 Å². The summed E-state index contributed by atoms with van der Waals surface area (Å²) in [5.74, 6) is 21.6. The molecule has 0 aromatic carbocycles. The summed E-state index contributed by atoms with van der Waals surface area (Å²) in [5.41, 5.74) is 1.67. The van der Waals surface area contributed by atoms with Crippen LogP contribution in [-0.2, 0) is 0 Å². The van der Waals surface area contributed by atoms with E-state index < -0.39 is 0 Å². The quantitative estimate of drug-likeness (QED) is 0.278. The van der Waals surface area contributed by atoms with Crippen molar-refractivity contribution in [2.75, 3.05) is 0 Å². The Hall–Kier alpha value is 0. The predicted octanol–water partition coefficient (Wildman–Crippen LogP) is 13.1. The van der Waals surface area contributed by atoms with Crippen molar-refractivity contribution in [1.82, 2.24) is 0 Å². The maximum atomic E-state index is 3.04. The predicted molar refractivity (Wildman–Crippen MR) is 201 cm³/mol. The summed E-state index contributed by atoms with van der Waals surface area (Å²) >= 11 is 0. The lowest BCUT2D eigenvalue weighted by molar-refractivity contribution is -0.261. The summed E-state index contributed by atoms with van der Waals surface area (Å²) in [6.07, 6.45) is 23.8. The van der Waals surface area contributed by atoms with Crippen molar-refractivity contribution in [3.8, 4) is 0 Å². The van der Waals surface area contributed by atoms with Gasteiger partial charge in [0.2, 0.25) is 0 Å². The van der Waals surface area contributed by atoms with Crippen molar-refractivity contribution in [2.45, 2.75) is 159 Å². The third-order valence-corrected chi connectivity index (χ3v) is 22.0. The maximum absolute atomic E-state index is 3.04. The number of rotatable bonds is 2. The smallest absolute Gasteiger partial charge is 0.0162 e. The molecule has 0 radical (unpaired) electrons. The molecule has 0 aromatic heterocycles. The van der Waals surface area contributed by atoms with E-state index in [4.69, 9.17) is 0 Å². The largest absolute Gasteiger partial charge is 0.0625 e. The average molecular weight is 655 g/mol. The molecule has 21 atom stereocenters. The third kappa shape index (κ3) is 3.78. The Labute approximate surface area is 298 Å². The highest BCUT2D eigenvalue weighted by Gasteiger charge is 2.84. The van der Waals surface area contributed by atoms with Crippen LogP contribution in [0.4, 0.5) is 0 Å². The Morgan fingerprint density at radius 2 is 1.21 bits per heavy atom. The first-order chi connectivity index (χ1) is 22.9. The molecule has 0 aromatic rings. The molecule has 0 aliphatic heterocycles. The fourth-order valence-electron chi connectivity index (χ4n) is 21.2. The molecular weight excluding hydrogens is 577 g/mol. The molecule has 21 unspecified atom stereocenters. The van der Waals surface area contributed by atoms with Crippen LogP contribution in [0.5, 0.6) is 0 Å². The molecule has 0 saturated heterocycles. The molecule has 48 heavy (non-hydrogen) atoms. The minimum atomic E-state index is 0.469. The second-order valence-electron chi connectivity index (χ2n) is 23.5. The van der Waals surface area contributed by atoms with E-state index in [0.29, 0.717) is 16.2 Å². The lowest BCUT2D eigenvalue weighted by Gasteiger charge is -2.73. The molecule has 10 fully saturated rings. The normalized spacial score (nSPS) is 62.5. The minimum Gasteiger partial charge on any atom is -0.0625 e. The second kappa shape index (κ2) is 10.8. The van der Waals surface area contributed by atoms with E-state index in [1.165, 1.54) is 19.3 Å². The van der Waals surface area contributed by atoms with E-state index in [9.17, 15) is 0 Å². The van der Waals surface area contributed by atoms with Gasteiger partial charge in [-0.15, -0.1) is 0 Å². The molecule has 10 aliphatic rings. The van der Waals surface area contributed by atoms with Crippen LogP contribution >= 0.6 is 0 Å². The zero-order valence-corrected chi connectivity index (χ0v) is 33.2. The summed E-state index contributed by atoms with van der Waals surface area (Å²) < 4.78 is 0. The van der Waals surface area contributed by atoms with Crippen LogP contribution in [0.15, 0.2) is 0 Å². The van der Waals surface area contributed by atoms with Gasteiger partial charge in [-0.3, -0.25) is 0 Å². The van der Waals surface area contributed by atoms with Crippen LogP contribution < -0.4 is 0 Å². The Bertz CT molecular complexity index is 1250. The van der Waals surface area contributed by atoms with E-state index in [1.54, 1.807) is 77.0 Å². The monoisotopic (exact) mass is 655 g/mol.